The molecule has 0 aliphatic carbocycles. The molecule has 3 atom stereocenters. The lowest BCUT2D eigenvalue weighted by Gasteiger charge is -2.22. The number of carbonyl (C=O) groups is 3. The topological polar surface area (TPSA) is 131 Å². The lowest BCUT2D eigenvalue weighted by molar-refractivity contribution is -0.139. The molecule has 0 bridgehead atoms. The molecule has 8 nitrogen and oxygen atoms in total. The minimum Gasteiger partial charge on any atom is -0.481 e. The summed E-state index contributed by atoms with van der Waals surface area (Å²) in [6, 6.07) is 6.84. The van der Waals surface area contributed by atoms with Crippen molar-refractivity contribution in [2.24, 2.45) is 5.73 Å². The van der Waals surface area contributed by atoms with Gasteiger partial charge >= 0.3 is 5.97 Å². The van der Waals surface area contributed by atoms with E-state index in [2.05, 4.69) is 10.6 Å². The second kappa shape index (κ2) is 9.64. The van der Waals surface area contributed by atoms with Gasteiger partial charge in [-0.25, -0.2) is 0 Å². The van der Waals surface area contributed by atoms with Crippen molar-refractivity contribution in [3.05, 3.63) is 35.9 Å². The molecular weight excluding hydrogens is 314 g/mol. The van der Waals surface area contributed by atoms with Crippen LogP contribution in [0.15, 0.2) is 30.3 Å². The first-order chi connectivity index (χ1) is 11.3. The zero-order valence-corrected chi connectivity index (χ0v) is 13.7. The van der Waals surface area contributed by atoms with Crippen molar-refractivity contribution in [1.29, 1.82) is 0 Å². The Morgan fingerprint density at radius 1 is 1.17 bits per heavy atom. The minimum atomic E-state index is -1.21. The minimum absolute atomic E-state index is 0.273. The SMILES string of the molecule is COC[C@H](NC(=O)[C@@H](C)NC(=O)[C@@H](N)CC(=O)O)c1ccccc1. The quantitative estimate of drug-likeness (QED) is 0.493. The smallest absolute Gasteiger partial charge is 0.305 e. The number of carboxylic acid groups (broad SMARTS) is 1. The van der Waals surface area contributed by atoms with Crippen LogP contribution in [0.1, 0.15) is 24.9 Å². The Morgan fingerprint density at radius 3 is 2.33 bits per heavy atom. The summed E-state index contributed by atoms with van der Waals surface area (Å²) < 4.78 is 5.11. The molecule has 5 N–H and O–H groups in total. The number of nitrogens with one attached hydrogen (secondary N) is 2. The van der Waals surface area contributed by atoms with E-state index in [9.17, 15) is 14.4 Å². The average molecular weight is 337 g/mol. The number of hydrogen-bond donors (Lipinski definition) is 4. The third-order valence-corrected chi connectivity index (χ3v) is 3.34. The molecule has 0 aromatic heterocycles. The van der Waals surface area contributed by atoms with Crippen molar-refractivity contribution < 1.29 is 24.2 Å². The molecule has 0 fully saturated rings. The standard InChI is InChI=1S/C16H23N3O5/c1-10(18-16(23)12(17)8-14(20)21)15(22)19-13(9-24-2)11-6-4-3-5-7-11/h3-7,10,12-13H,8-9,17H2,1-2H3,(H,18,23)(H,19,22)(H,20,21)/t10-,12+,13+/m1/s1. The second-order valence-corrected chi connectivity index (χ2v) is 5.36. The van der Waals surface area contributed by atoms with Gasteiger partial charge in [-0.1, -0.05) is 30.3 Å². The zero-order valence-electron chi connectivity index (χ0n) is 13.7. The first-order valence-corrected chi connectivity index (χ1v) is 7.47. The fourth-order valence-corrected chi connectivity index (χ4v) is 2.04. The van der Waals surface area contributed by atoms with Crippen molar-refractivity contribution in [1.82, 2.24) is 10.6 Å². The Morgan fingerprint density at radius 2 is 1.79 bits per heavy atom. The molecule has 0 heterocycles. The summed E-state index contributed by atoms with van der Waals surface area (Å²) in [6.07, 6.45) is -0.503. The van der Waals surface area contributed by atoms with Gasteiger partial charge in [0, 0.05) is 7.11 Å². The molecule has 0 aliphatic heterocycles. The number of ether oxygens (including phenoxy) is 1. The third kappa shape index (κ3) is 6.35. The monoisotopic (exact) mass is 337 g/mol. The summed E-state index contributed by atoms with van der Waals surface area (Å²) in [6.45, 7) is 1.77. The number of nitrogens with two attached hydrogens (primary N) is 1. The van der Waals surface area contributed by atoms with Crippen LogP contribution >= 0.6 is 0 Å². The van der Waals surface area contributed by atoms with E-state index < -0.39 is 36.3 Å². The first-order valence-electron chi connectivity index (χ1n) is 7.47. The van der Waals surface area contributed by atoms with Gasteiger partial charge in [0.25, 0.3) is 0 Å². The van der Waals surface area contributed by atoms with E-state index in [4.69, 9.17) is 15.6 Å². The van der Waals surface area contributed by atoms with Crippen LogP contribution in [0.3, 0.4) is 0 Å². The Kier molecular flexibility index (Phi) is 7.87. The van der Waals surface area contributed by atoms with Crippen molar-refractivity contribution in [3.63, 3.8) is 0 Å². The van der Waals surface area contributed by atoms with Crippen LogP contribution in [0.5, 0.6) is 0 Å². The van der Waals surface area contributed by atoms with Crippen LogP contribution in [0.4, 0.5) is 0 Å². The molecule has 0 radical (unpaired) electrons. The van der Waals surface area contributed by atoms with E-state index in [0.717, 1.165) is 5.56 Å². The van der Waals surface area contributed by atoms with Crippen LogP contribution in [-0.2, 0) is 19.1 Å². The van der Waals surface area contributed by atoms with E-state index in [1.807, 2.05) is 30.3 Å². The number of carboxylic acids is 1. The van der Waals surface area contributed by atoms with Gasteiger partial charge in [0.2, 0.25) is 11.8 Å². The molecule has 24 heavy (non-hydrogen) atoms. The van der Waals surface area contributed by atoms with Crippen molar-refractivity contribution in [2.45, 2.75) is 31.5 Å². The normalized spacial score (nSPS) is 14.3. The highest BCUT2D eigenvalue weighted by Gasteiger charge is 2.23. The van der Waals surface area contributed by atoms with Crippen LogP contribution in [0, 0.1) is 0 Å². The summed E-state index contributed by atoms with van der Waals surface area (Å²) in [5, 5.41) is 13.8. The highest BCUT2D eigenvalue weighted by Crippen LogP contribution is 2.12. The van der Waals surface area contributed by atoms with Gasteiger partial charge in [-0.2, -0.15) is 0 Å². The largest absolute Gasteiger partial charge is 0.481 e. The lowest BCUT2D eigenvalue weighted by atomic mass is 10.1. The van der Waals surface area contributed by atoms with E-state index in [-0.39, 0.29) is 12.6 Å². The van der Waals surface area contributed by atoms with Crippen molar-refractivity contribution >= 4 is 17.8 Å². The molecule has 1 rings (SSSR count). The van der Waals surface area contributed by atoms with Crippen LogP contribution in [0.2, 0.25) is 0 Å². The van der Waals surface area contributed by atoms with Crippen molar-refractivity contribution in [3.8, 4) is 0 Å². The fraction of sp³-hybridized carbons (Fsp3) is 0.438. The molecule has 0 unspecified atom stereocenters. The summed E-state index contributed by atoms with van der Waals surface area (Å²) in [4.78, 5) is 34.6. The first kappa shape index (κ1) is 19.6. The van der Waals surface area contributed by atoms with Gasteiger partial charge in [0.05, 0.1) is 25.1 Å². The maximum atomic E-state index is 12.2. The van der Waals surface area contributed by atoms with E-state index in [0.29, 0.717) is 0 Å². The van der Waals surface area contributed by atoms with Gasteiger partial charge in [-0.15, -0.1) is 0 Å². The number of methoxy groups -OCH3 is 1. The lowest BCUT2D eigenvalue weighted by Crippen LogP contribution is -2.51. The number of hydrogen-bond acceptors (Lipinski definition) is 5. The van der Waals surface area contributed by atoms with E-state index in [1.54, 1.807) is 0 Å². The van der Waals surface area contributed by atoms with E-state index >= 15 is 0 Å². The molecule has 132 valence electrons. The van der Waals surface area contributed by atoms with Gasteiger partial charge in [-0.3, -0.25) is 14.4 Å². The zero-order chi connectivity index (χ0) is 18.1. The Balaban J connectivity index is 2.63. The maximum Gasteiger partial charge on any atom is 0.305 e. The number of amides is 2. The molecule has 1 aromatic carbocycles. The molecule has 1 aromatic rings. The molecule has 2 amide bonds. The molecule has 0 saturated carbocycles. The van der Waals surface area contributed by atoms with Gasteiger partial charge in [0.15, 0.2) is 0 Å². The van der Waals surface area contributed by atoms with Crippen molar-refractivity contribution in [2.75, 3.05) is 13.7 Å². The molecule has 8 heteroatoms. The molecule has 0 aliphatic rings. The van der Waals surface area contributed by atoms with E-state index in [1.165, 1.54) is 14.0 Å². The summed E-state index contributed by atoms with van der Waals surface area (Å²) in [7, 11) is 1.53. The van der Waals surface area contributed by atoms with Gasteiger partial charge in [0.1, 0.15) is 6.04 Å². The Labute approximate surface area is 140 Å². The average Bonchev–Trinajstić information content (AvgIpc) is 2.54. The highest BCUT2D eigenvalue weighted by atomic mass is 16.5. The number of benzene rings is 1. The second-order valence-electron chi connectivity index (χ2n) is 5.36. The van der Waals surface area contributed by atoms with Crippen LogP contribution < -0.4 is 16.4 Å². The molecular formula is C16H23N3O5. The molecule has 0 saturated heterocycles. The Bertz CT molecular complexity index is 564. The van der Waals surface area contributed by atoms with Gasteiger partial charge < -0.3 is 26.2 Å². The summed E-state index contributed by atoms with van der Waals surface area (Å²) in [5.41, 5.74) is 6.33. The van der Waals surface area contributed by atoms with Gasteiger partial charge in [-0.05, 0) is 12.5 Å². The number of carbonyl (C=O) groups excluding carboxylic acids is 2. The summed E-state index contributed by atoms with van der Waals surface area (Å²) in [5.74, 6) is -2.29. The van der Waals surface area contributed by atoms with Crippen LogP contribution in [-0.4, -0.2) is 48.7 Å². The fourth-order valence-electron chi connectivity index (χ4n) is 2.04. The van der Waals surface area contributed by atoms with Crippen LogP contribution in [0.25, 0.3) is 0 Å². The molecule has 0 spiro atoms. The number of aliphatic carboxylic acids is 1. The third-order valence-electron chi connectivity index (χ3n) is 3.34. The Hall–Kier alpha value is -2.45. The summed E-state index contributed by atoms with van der Waals surface area (Å²) >= 11 is 0. The predicted octanol–water partition coefficient (Wildman–Crippen LogP) is -0.203. The predicted molar refractivity (Wildman–Crippen MR) is 87.0 cm³/mol. The maximum absolute atomic E-state index is 12.2. The number of rotatable bonds is 9. The highest BCUT2D eigenvalue weighted by molar-refractivity contribution is 5.91.